The summed E-state index contributed by atoms with van der Waals surface area (Å²) >= 11 is 0. The van der Waals surface area contributed by atoms with Gasteiger partial charge in [0, 0.05) is 12.1 Å². The maximum absolute atomic E-state index is 13.5. The highest BCUT2D eigenvalue weighted by atomic mass is 19.1. The Morgan fingerprint density at radius 3 is 2.48 bits per heavy atom. The molecular weight excluding hydrogens is 267 g/mol. The van der Waals surface area contributed by atoms with Crippen LogP contribution in [0, 0.1) is 17.1 Å². The van der Waals surface area contributed by atoms with E-state index in [0.29, 0.717) is 6.54 Å². The quantitative estimate of drug-likeness (QED) is 0.691. The monoisotopic (exact) mass is 280 g/mol. The van der Waals surface area contributed by atoms with E-state index in [1.54, 1.807) is 18.2 Å². The van der Waals surface area contributed by atoms with Gasteiger partial charge in [-0.2, -0.15) is 5.26 Å². The zero-order chi connectivity index (χ0) is 15.1. The van der Waals surface area contributed by atoms with Gasteiger partial charge >= 0.3 is 0 Å². The van der Waals surface area contributed by atoms with Gasteiger partial charge < -0.3 is 5.32 Å². The number of hydrogen-bond acceptors (Lipinski definition) is 2. The smallest absolute Gasteiger partial charge is 0.262 e. The molecule has 0 heterocycles. The lowest BCUT2D eigenvalue weighted by molar-refractivity contribution is -0.117. The summed E-state index contributed by atoms with van der Waals surface area (Å²) in [5.74, 6) is -0.995. The van der Waals surface area contributed by atoms with Gasteiger partial charge in [-0.3, -0.25) is 4.79 Å². The van der Waals surface area contributed by atoms with Crippen LogP contribution in [0.3, 0.4) is 0 Å². The van der Waals surface area contributed by atoms with Gasteiger partial charge in [0.2, 0.25) is 0 Å². The van der Waals surface area contributed by atoms with Crippen molar-refractivity contribution >= 4 is 12.0 Å². The lowest BCUT2D eigenvalue weighted by Crippen LogP contribution is -2.23. The second-order valence-electron chi connectivity index (χ2n) is 4.36. The first-order valence-corrected chi connectivity index (χ1v) is 6.39. The minimum absolute atomic E-state index is 0.129. The Hall–Kier alpha value is -2.93. The van der Waals surface area contributed by atoms with Crippen molar-refractivity contribution in [3.8, 4) is 6.07 Å². The molecule has 0 saturated carbocycles. The lowest BCUT2D eigenvalue weighted by atomic mass is 10.1. The average molecular weight is 280 g/mol. The van der Waals surface area contributed by atoms with Gasteiger partial charge in [-0.15, -0.1) is 0 Å². The van der Waals surface area contributed by atoms with Crippen LogP contribution in [0.2, 0.25) is 0 Å². The maximum atomic E-state index is 13.5. The number of nitrogens with zero attached hydrogens (tertiary/aromatic N) is 1. The Morgan fingerprint density at radius 2 is 1.81 bits per heavy atom. The van der Waals surface area contributed by atoms with E-state index in [9.17, 15) is 9.18 Å². The van der Waals surface area contributed by atoms with Crippen LogP contribution in [0.4, 0.5) is 4.39 Å². The summed E-state index contributed by atoms with van der Waals surface area (Å²) < 4.78 is 13.5. The van der Waals surface area contributed by atoms with Crippen molar-refractivity contribution in [2.24, 2.45) is 0 Å². The molecule has 2 aromatic carbocycles. The average Bonchev–Trinajstić information content (AvgIpc) is 2.53. The van der Waals surface area contributed by atoms with Crippen LogP contribution in [-0.2, 0) is 11.3 Å². The van der Waals surface area contributed by atoms with Gasteiger partial charge in [-0.1, -0.05) is 48.5 Å². The largest absolute Gasteiger partial charge is 0.347 e. The highest BCUT2D eigenvalue weighted by molar-refractivity contribution is 6.01. The van der Waals surface area contributed by atoms with E-state index in [1.807, 2.05) is 30.3 Å². The van der Waals surface area contributed by atoms with Crippen LogP contribution >= 0.6 is 0 Å². The molecule has 104 valence electrons. The van der Waals surface area contributed by atoms with Crippen molar-refractivity contribution in [3.05, 3.63) is 77.1 Å². The number of carbonyl (C=O) groups is 1. The third kappa shape index (κ3) is 4.02. The van der Waals surface area contributed by atoms with Crippen molar-refractivity contribution in [2.75, 3.05) is 0 Å². The van der Waals surface area contributed by atoms with E-state index in [1.165, 1.54) is 18.2 Å². The fourth-order valence-corrected chi connectivity index (χ4v) is 1.77. The number of benzene rings is 2. The Kier molecular flexibility index (Phi) is 4.84. The summed E-state index contributed by atoms with van der Waals surface area (Å²) in [5, 5.41) is 11.7. The minimum Gasteiger partial charge on any atom is -0.347 e. The Morgan fingerprint density at radius 1 is 1.14 bits per heavy atom. The molecule has 3 nitrogen and oxygen atoms in total. The van der Waals surface area contributed by atoms with Crippen LogP contribution < -0.4 is 5.32 Å². The molecule has 2 rings (SSSR count). The first-order valence-electron chi connectivity index (χ1n) is 6.39. The van der Waals surface area contributed by atoms with Gasteiger partial charge in [-0.05, 0) is 17.7 Å². The van der Waals surface area contributed by atoms with Crippen LogP contribution in [0.5, 0.6) is 0 Å². The Balaban J connectivity index is 2.09. The molecule has 21 heavy (non-hydrogen) atoms. The standard InChI is InChI=1S/C17H13FN2O/c18-16-9-5-4-8-14(16)10-15(11-19)17(21)20-12-13-6-2-1-3-7-13/h1-10H,12H2,(H,20,21)/b15-10+. The molecule has 0 atom stereocenters. The summed E-state index contributed by atoms with van der Waals surface area (Å²) in [5.41, 5.74) is 1.01. The molecule has 0 aliphatic carbocycles. The van der Waals surface area contributed by atoms with E-state index in [2.05, 4.69) is 5.32 Å². The van der Waals surface area contributed by atoms with Crippen molar-refractivity contribution in [1.82, 2.24) is 5.32 Å². The van der Waals surface area contributed by atoms with E-state index >= 15 is 0 Å². The molecule has 2 aromatic rings. The third-order valence-electron chi connectivity index (χ3n) is 2.87. The molecule has 0 saturated heterocycles. The number of nitrogens with one attached hydrogen (secondary N) is 1. The molecule has 0 aliphatic rings. The zero-order valence-electron chi connectivity index (χ0n) is 11.2. The zero-order valence-corrected chi connectivity index (χ0v) is 11.2. The van der Waals surface area contributed by atoms with Gasteiger partial charge in [0.1, 0.15) is 17.5 Å². The first-order chi connectivity index (χ1) is 10.2. The van der Waals surface area contributed by atoms with E-state index in [0.717, 1.165) is 5.56 Å². The number of halogens is 1. The SMILES string of the molecule is N#C/C(=C\c1ccccc1F)C(=O)NCc1ccccc1. The summed E-state index contributed by atoms with van der Waals surface area (Å²) in [6.07, 6.45) is 1.25. The third-order valence-corrected chi connectivity index (χ3v) is 2.87. The van der Waals surface area contributed by atoms with Crippen molar-refractivity contribution in [2.45, 2.75) is 6.54 Å². The van der Waals surface area contributed by atoms with E-state index < -0.39 is 11.7 Å². The normalized spacial score (nSPS) is 10.8. The van der Waals surface area contributed by atoms with Gasteiger partial charge in [-0.25, -0.2) is 4.39 Å². The minimum atomic E-state index is -0.524. The van der Waals surface area contributed by atoms with E-state index in [4.69, 9.17) is 5.26 Å². The molecule has 1 N–H and O–H groups in total. The molecule has 0 radical (unpaired) electrons. The number of nitriles is 1. The summed E-state index contributed by atoms with van der Waals surface area (Å²) in [6, 6.07) is 17.1. The molecule has 0 fully saturated rings. The van der Waals surface area contributed by atoms with Crippen LogP contribution in [0.15, 0.2) is 60.2 Å². The van der Waals surface area contributed by atoms with E-state index in [-0.39, 0.29) is 11.1 Å². The molecule has 0 bridgehead atoms. The molecular formula is C17H13FN2O. The van der Waals surface area contributed by atoms with Crippen molar-refractivity contribution in [3.63, 3.8) is 0 Å². The molecule has 0 unspecified atom stereocenters. The summed E-state index contributed by atoms with van der Waals surface area (Å²) in [6.45, 7) is 0.315. The van der Waals surface area contributed by atoms with Crippen molar-refractivity contribution in [1.29, 1.82) is 5.26 Å². The van der Waals surface area contributed by atoms with Crippen molar-refractivity contribution < 1.29 is 9.18 Å². The molecule has 1 amide bonds. The van der Waals surface area contributed by atoms with Crippen LogP contribution in [-0.4, -0.2) is 5.91 Å². The highest BCUT2D eigenvalue weighted by Gasteiger charge is 2.09. The Labute approximate surface area is 122 Å². The predicted molar refractivity (Wildman–Crippen MR) is 78.3 cm³/mol. The number of carbonyl (C=O) groups excluding carboxylic acids is 1. The number of rotatable bonds is 4. The Bertz CT molecular complexity index is 702. The van der Waals surface area contributed by atoms with Gasteiger partial charge in [0.15, 0.2) is 0 Å². The summed E-state index contributed by atoms with van der Waals surface area (Å²) in [7, 11) is 0. The first kappa shape index (κ1) is 14.5. The van der Waals surface area contributed by atoms with Crippen LogP contribution in [0.1, 0.15) is 11.1 Å². The fraction of sp³-hybridized carbons (Fsp3) is 0.0588. The lowest BCUT2D eigenvalue weighted by Gasteiger charge is -2.04. The molecule has 4 heteroatoms. The topological polar surface area (TPSA) is 52.9 Å². The number of amides is 1. The van der Waals surface area contributed by atoms with Crippen LogP contribution in [0.25, 0.3) is 6.08 Å². The van der Waals surface area contributed by atoms with Gasteiger partial charge in [0.25, 0.3) is 5.91 Å². The second kappa shape index (κ2) is 7.01. The summed E-state index contributed by atoms with van der Waals surface area (Å²) in [4.78, 5) is 11.9. The molecule has 0 aromatic heterocycles. The fourth-order valence-electron chi connectivity index (χ4n) is 1.77. The number of hydrogen-bond donors (Lipinski definition) is 1. The molecule has 0 spiro atoms. The van der Waals surface area contributed by atoms with Gasteiger partial charge in [0.05, 0.1) is 0 Å². The highest BCUT2D eigenvalue weighted by Crippen LogP contribution is 2.11. The second-order valence-corrected chi connectivity index (χ2v) is 4.36. The predicted octanol–water partition coefficient (Wildman–Crippen LogP) is 3.05. The molecule has 0 aliphatic heterocycles. The maximum Gasteiger partial charge on any atom is 0.262 e.